The lowest BCUT2D eigenvalue weighted by Crippen LogP contribution is -2.48. The fourth-order valence-corrected chi connectivity index (χ4v) is 1.17. The maximum absolute atomic E-state index is 11.7. The van der Waals surface area contributed by atoms with Crippen molar-refractivity contribution in [3.63, 3.8) is 0 Å². The zero-order chi connectivity index (χ0) is 15.2. The van der Waals surface area contributed by atoms with Gasteiger partial charge >= 0.3 is 5.97 Å². The second-order valence-electron chi connectivity index (χ2n) is 5.76. The fraction of sp³-hybridized carbons (Fsp3) is 0.769. The van der Waals surface area contributed by atoms with Gasteiger partial charge in [-0.25, -0.2) is 0 Å². The lowest BCUT2D eigenvalue weighted by molar-refractivity contribution is -0.141. The van der Waals surface area contributed by atoms with Crippen molar-refractivity contribution in [2.45, 2.75) is 47.1 Å². The molecule has 6 nitrogen and oxygen atoms in total. The van der Waals surface area contributed by atoms with Crippen LogP contribution in [-0.4, -0.2) is 35.5 Å². The Bertz CT molecular complexity index is 347. The first kappa shape index (κ1) is 17.4. The monoisotopic (exact) mass is 272 g/mol. The molecule has 3 N–H and O–H groups in total. The predicted octanol–water partition coefficient (Wildman–Crippen LogP) is 0.764. The molecule has 2 amide bonds. The first-order chi connectivity index (χ1) is 8.55. The Balaban J connectivity index is 4.09. The van der Waals surface area contributed by atoms with Crippen LogP contribution in [0.4, 0.5) is 0 Å². The van der Waals surface area contributed by atoms with Gasteiger partial charge in [0.15, 0.2) is 0 Å². The van der Waals surface area contributed by atoms with Crippen molar-refractivity contribution in [3.8, 4) is 0 Å². The van der Waals surface area contributed by atoms with E-state index < -0.39 is 23.3 Å². The molecule has 0 saturated carbocycles. The van der Waals surface area contributed by atoms with E-state index in [0.717, 1.165) is 0 Å². The van der Waals surface area contributed by atoms with Gasteiger partial charge in [-0.05, 0) is 13.3 Å². The fourth-order valence-electron chi connectivity index (χ4n) is 1.17. The molecule has 0 aromatic heterocycles. The van der Waals surface area contributed by atoms with Gasteiger partial charge in [0.2, 0.25) is 11.8 Å². The first-order valence-corrected chi connectivity index (χ1v) is 6.37. The van der Waals surface area contributed by atoms with Crippen molar-refractivity contribution >= 4 is 17.8 Å². The Kier molecular flexibility index (Phi) is 6.52. The van der Waals surface area contributed by atoms with Crippen molar-refractivity contribution in [2.75, 3.05) is 6.54 Å². The summed E-state index contributed by atoms with van der Waals surface area (Å²) in [5, 5.41) is 13.9. The number of amides is 2. The maximum Gasteiger partial charge on any atom is 0.306 e. The summed E-state index contributed by atoms with van der Waals surface area (Å²) in [5.74, 6) is -1.90. The third kappa shape index (κ3) is 6.79. The lowest BCUT2D eigenvalue weighted by atomic mass is 9.95. The summed E-state index contributed by atoms with van der Waals surface area (Å²) in [6.07, 6.45) is 0.362. The van der Waals surface area contributed by atoms with E-state index in [9.17, 15) is 14.4 Å². The van der Waals surface area contributed by atoms with E-state index in [2.05, 4.69) is 10.6 Å². The van der Waals surface area contributed by atoms with Gasteiger partial charge in [-0.15, -0.1) is 0 Å². The number of nitrogens with one attached hydrogen (secondary N) is 2. The van der Waals surface area contributed by atoms with Crippen molar-refractivity contribution in [1.82, 2.24) is 10.6 Å². The largest absolute Gasteiger partial charge is 0.481 e. The zero-order valence-corrected chi connectivity index (χ0v) is 12.2. The summed E-state index contributed by atoms with van der Waals surface area (Å²) in [4.78, 5) is 34.0. The lowest BCUT2D eigenvalue weighted by Gasteiger charge is -2.21. The normalized spacial score (nSPS) is 14.4. The Morgan fingerprint density at radius 3 is 2.11 bits per heavy atom. The van der Waals surface area contributed by atoms with Crippen LogP contribution in [0.5, 0.6) is 0 Å². The smallest absolute Gasteiger partial charge is 0.306 e. The number of hydrogen-bond donors (Lipinski definition) is 3. The molecule has 110 valence electrons. The molecule has 2 unspecified atom stereocenters. The van der Waals surface area contributed by atoms with Crippen LogP contribution in [0, 0.1) is 11.3 Å². The molecular formula is C13H24N2O4. The average Bonchev–Trinajstić information content (AvgIpc) is 2.26. The molecule has 2 atom stereocenters. The number of carboxylic acids is 1. The third-order valence-corrected chi connectivity index (χ3v) is 2.72. The van der Waals surface area contributed by atoms with Crippen LogP contribution in [0.2, 0.25) is 0 Å². The standard InChI is InChI=1S/C13H24N2O4/c1-8(11(17)18)6-7-14-10(16)9(2)15-12(19)13(3,4)5/h8-9H,6-7H2,1-5H3,(H,14,16)(H,15,19)(H,17,18). The molecule has 0 fully saturated rings. The van der Waals surface area contributed by atoms with E-state index in [1.54, 1.807) is 34.6 Å². The highest BCUT2D eigenvalue weighted by Gasteiger charge is 2.25. The average molecular weight is 272 g/mol. The Morgan fingerprint density at radius 2 is 1.68 bits per heavy atom. The highest BCUT2D eigenvalue weighted by molar-refractivity contribution is 5.89. The number of carbonyl (C=O) groups excluding carboxylic acids is 2. The number of carbonyl (C=O) groups is 3. The van der Waals surface area contributed by atoms with Crippen LogP contribution in [0.25, 0.3) is 0 Å². The van der Waals surface area contributed by atoms with Gasteiger partial charge in [-0.3, -0.25) is 14.4 Å². The molecule has 0 spiro atoms. The minimum Gasteiger partial charge on any atom is -0.481 e. The second-order valence-corrected chi connectivity index (χ2v) is 5.76. The summed E-state index contributed by atoms with van der Waals surface area (Å²) < 4.78 is 0. The van der Waals surface area contributed by atoms with Gasteiger partial charge in [0, 0.05) is 12.0 Å². The van der Waals surface area contributed by atoms with Crippen molar-refractivity contribution in [1.29, 1.82) is 0 Å². The molecule has 0 heterocycles. The molecule has 0 saturated heterocycles. The topological polar surface area (TPSA) is 95.5 Å². The van der Waals surface area contributed by atoms with Crippen molar-refractivity contribution in [3.05, 3.63) is 0 Å². The summed E-state index contributed by atoms with van der Waals surface area (Å²) in [6, 6.07) is -0.633. The van der Waals surface area contributed by atoms with E-state index in [-0.39, 0.29) is 18.4 Å². The molecule has 0 aliphatic rings. The summed E-state index contributed by atoms with van der Waals surface area (Å²) in [7, 11) is 0. The Hall–Kier alpha value is -1.59. The summed E-state index contributed by atoms with van der Waals surface area (Å²) in [6.45, 7) is 8.76. The highest BCUT2D eigenvalue weighted by atomic mass is 16.4. The van der Waals surface area contributed by atoms with Crippen LogP contribution in [-0.2, 0) is 14.4 Å². The van der Waals surface area contributed by atoms with Crippen molar-refractivity contribution < 1.29 is 19.5 Å². The molecule has 0 aliphatic carbocycles. The third-order valence-electron chi connectivity index (χ3n) is 2.72. The van der Waals surface area contributed by atoms with Crippen LogP contribution < -0.4 is 10.6 Å². The quantitative estimate of drug-likeness (QED) is 0.665. The molecule has 0 aliphatic heterocycles. The van der Waals surface area contributed by atoms with Crippen LogP contribution in [0.15, 0.2) is 0 Å². The van der Waals surface area contributed by atoms with Gasteiger partial charge in [0.25, 0.3) is 0 Å². The van der Waals surface area contributed by atoms with Gasteiger partial charge < -0.3 is 15.7 Å². The minimum absolute atomic E-state index is 0.200. The number of hydrogen-bond acceptors (Lipinski definition) is 3. The van der Waals surface area contributed by atoms with Gasteiger partial charge in [0.05, 0.1) is 5.92 Å². The molecule has 0 aromatic rings. The van der Waals surface area contributed by atoms with Crippen LogP contribution in [0.1, 0.15) is 41.0 Å². The molecule has 0 radical (unpaired) electrons. The van der Waals surface area contributed by atoms with E-state index in [4.69, 9.17) is 5.11 Å². The Morgan fingerprint density at radius 1 is 1.16 bits per heavy atom. The van der Waals surface area contributed by atoms with Crippen LogP contribution in [0.3, 0.4) is 0 Å². The van der Waals surface area contributed by atoms with Gasteiger partial charge in [-0.2, -0.15) is 0 Å². The predicted molar refractivity (Wildman–Crippen MR) is 71.5 cm³/mol. The van der Waals surface area contributed by atoms with Gasteiger partial charge in [-0.1, -0.05) is 27.7 Å². The summed E-state index contributed by atoms with van der Waals surface area (Å²) in [5.41, 5.74) is -0.549. The van der Waals surface area contributed by atoms with Crippen molar-refractivity contribution in [2.24, 2.45) is 11.3 Å². The number of rotatable bonds is 6. The Labute approximate surface area is 113 Å². The SMILES string of the molecule is CC(CCNC(=O)C(C)NC(=O)C(C)(C)C)C(=O)O. The first-order valence-electron chi connectivity index (χ1n) is 6.37. The number of carboxylic acid groups (broad SMARTS) is 1. The molecule has 6 heteroatoms. The molecule has 19 heavy (non-hydrogen) atoms. The molecule has 0 rings (SSSR count). The van der Waals surface area contributed by atoms with E-state index >= 15 is 0 Å². The van der Waals surface area contributed by atoms with Gasteiger partial charge in [0.1, 0.15) is 6.04 Å². The molecule has 0 bridgehead atoms. The second kappa shape index (κ2) is 7.11. The number of aliphatic carboxylic acids is 1. The zero-order valence-electron chi connectivity index (χ0n) is 12.2. The summed E-state index contributed by atoms with van der Waals surface area (Å²) >= 11 is 0. The maximum atomic E-state index is 11.7. The van der Waals surface area contributed by atoms with E-state index in [1.165, 1.54) is 0 Å². The minimum atomic E-state index is -0.886. The van der Waals surface area contributed by atoms with Crippen LogP contribution >= 0.6 is 0 Å². The van der Waals surface area contributed by atoms with E-state index in [1.807, 2.05) is 0 Å². The highest BCUT2D eigenvalue weighted by Crippen LogP contribution is 2.12. The molecule has 0 aromatic carbocycles. The van der Waals surface area contributed by atoms with E-state index in [0.29, 0.717) is 6.42 Å². The molecular weight excluding hydrogens is 248 g/mol.